The Kier molecular flexibility index (Phi) is 5.05. The zero-order chi connectivity index (χ0) is 18.6. The van der Waals surface area contributed by atoms with Crippen molar-refractivity contribution in [1.29, 1.82) is 0 Å². The van der Waals surface area contributed by atoms with Gasteiger partial charge in [0.2, 0.25) is 5.91 Å². The SMILES string of the molecule is O=C(CCCc1c[nH]c2ccccc12)N1CC=C(c2ccc(F)cc2)CC1. The Hall–Kier alpha value is -2.88. The maximum absolute atomic E-state index is 13.1. The fourth-order valence-electron chi connectivity index (χ4n) is 3.75. The van der Waals surface area contributed by atoms with Gasteiger partial charge in [-0.1, -0.05) is 36.4 Å². The number of benzene rings is 2. The number of halogens is 1. The summed E-state index contributed by atoms with van der Waals surface area (Å²) in [7, 11) is 0. The predicted molar refractivity (Wildman–Crippen MR) is 107 cm³/mol. The van der Waals surface area contributed by atoms with Crippen LogP contribution in [0.25, 0.3) is 16.5 Å². The lowest BCUT2D eigenvalue weighted by Gasteiger charge is -2.26. The standard InChI is InChI=1S/C23H23FN2O/c24-20-10-8-17(9-11-20)18-12-14-26(15-13-18)23(27)7-3-4-19-16-25-22-6-2-1-5-21(19)22/h1-2,5-6,8-12,16,25H,3-4,7,13-15H2. The molecule has 0 radical (unpaired) electrons. The van der Waals surface area contributed by atoms with Crippen LogP contribution in [0.15, 0.2) is 60.8 Å². The van der Waals surface area contributed by atoms with Crippen molar-refractivity contribution >= 4 is 22.4 Å². The summed E-state index contributed by atoms with van der Waals surface area (Å²) in [6, 6.07) is 14.8. The van der Waals surface area contributed by atoms with Crippen LogP contribution in [-0.4, -0.2) is 28.9 Å². The number of aromatic nitrogens is 1. The van der Waals surface area contributed by atoms with Gasteiger partial charge in [-0.25, -0.2) is 4.39 Å². The van der Waals surface area contributed by atoms with Crippen LogP contribution >= 0.6 is 0 Å². The van der Waals surface area contributed by atoms with Gasteiger partial charge < -0.3 is 9.88 Å². The third-order valence-electron chi connectivity index (χ3n) is 5.29. The van der Waals surface area contributed by atoms with Gasteiger partial charge in [-0.05, 0) is 54.2 Å². The van der Waals surface area contributed by atoms with Gasteiger partial charge in [-0.2, -0.15) is 0 Å². The number of nitrogens with one attached hydrogen (secondary N) is 1. The molecule has 1 aromatic heterocycles. The highest BCUT2D eigenvalue weighted by atomic mass is 19.1. The summed E-state index contributed by atoms with van der Waals surface area (Å²) in [5.74, 6) is -0.00795. The Morgan fingerprint density at radius 2 is 1.93 bits per heavy atom. The number of aromatic amines is 1. The molecule has 0 spiro atoms. The number of H-pyrrole nitrogens is 1. The smallest absolute Gasteiger partial charge is 0.222 e. The Labute approximate surface area is 158 Å². The number of para-hydroxylation sites is 1. The highest BCUT2D eigenvalue weighted by Gasteiger charge is 2.17. The number of aryl methyl sites for hydroxylation is 1. The summed E-state index contributed by atoms with van der Waals surface area (Å²) in [5, 5.41) is 1.25. The largest absolute Gasteiger partial charge is 0.361 e. The molecule has 1 amide bonds. The molecule has 0 atom stereocenters. The van der Waals surface area contributed by atoms with E-state index >= 15 is 0 Å². The normalized spacial score (nSPS) is 14.4. The summed E-state index contributed by atoms with van der Waals surface area (Å²) in [6.45, 7) is 1.37. The van der Waals surface area contributed by atoms with Crippen LogP contribution in [0.2, 0.25) is 0 Å². The topological polar surface area (TPSA) is 36.1 Å². The zero-order valence-corrected chi connectivity index (χ0v) is 15.2. The first kappa shape index (κ1) is 17.5. The highest BCUT2D eigenvalue weighted by molar-refractivity contribution is 5.83. The fourth-order valence-corrected chi connectivity index (χ4v) is 3.75. The molecule has 3 aromatic rings. The van der Waals surface area contributed by atoms with E-state index in [4.69, 9.17) is 0 Å². The zero-order valence-electron chi connectivity index (χ0n) is 15.2. The Bertz CT molecular complexity index is 971. The van der Waals surface area contributed by atoms with Crippen LogP contribution in [0.4, 0.5) is 4.39 Å². The van der Waals surface area contributed by atoms with E-state index in [0.717, 1.165) is 36.9 Å². The van der Waals surface area contributed by atoms with Crippen molar-refractivity contribution in [2.24, 2.45) is 0 Å². The minimum Gasteiger partial charge on any atom is -0.361 e. The molecule has 0 bridgehead atoms. The molecule has 0 saturated carbocycles. The van der Waals surface area contributed by atoms with E-state index < -0.39 is 0 Å². The van der Waals surface area contributed by atoms with Gasteiger partial charge in [0.1, 0.15) is 5.82 Å². The quantitative estimate of drug-likeness (QED) is 0.685. The van der Waals surface area contributed by atoms with Crippen molar-refractivity contribution in [1.82, 2.24) is 9.88 Å². The molecule has 0 unspecified atom stereocenters. The number of rotatable bonds is 5. The average molecular weight is 362 g/mol. The van der Waals surface area contributed by atoms with Crippen LogP contribution in [0.1, 0.15) is 30.4 Å². The van der Waals surface area contributed by atoms with E-state index in [1.807, 2.05) is 23.2 Å². The molecule has 3 nitrogen and oxygen atoms in total. The second kappa shape index (κ2) is 7.78. The lowest BCUT2D eigenvalue weighted by Crippen LogP contribution is -2.34. The van der Waals surface area contributed by atoms with Gasteiger partial charge in [0.25, 0.3) is 0 Å². The molecule has 1 N–H and O–H groups in total. The fraction of sp³-hybridized carbons (Fsp3) is 0.261. The summed E-state index contributed by atoms with van der Waals surface area (Å²) in [6.07, 6.45) is 7.28. The molecule has 0 fully saturated rings. The number of hydrogen-bond acceptors (Lipinski definition) is 1. The van der Waals surface area contributed by atoms with Crippen molar-refractivity contribution in [3.63, 3.8) is 0 Å². The van der Waals surface area contributed by atoms with Crippen LogP contribution in [0.3, 0.4) is 0 Å². The Balaban J connectivity index is 1.30. The number of fused-ring (bicyclic) bond motifs is 1. The first-order valence-electron chi connectivity index (χ1n) is 9.48. The van der Waals surface area contributed by atoms with Gasteiger partial charge >= 0.3 is 0 Å². The van der Waals surface area contributed by atoms with Crippen molar-refractivity contribution in [2.45, 2.75) is 25.7 Å². The number of carbonyl (C=O) groups is 1. The third-order valence-corrected chi connectivity index (χ3v) is 5.29. The maximum atomic E-state index is 13.1. The number of amides is 1. The lowest BCUT2D eigenvalue weighted by atomic mass is 9.99. The molecule has 1 aliphatic heterocycles. The van der Waals surface area contributed by atoms with E-state index in [9.17, 15) is 9.18 Å². The average Bonchev–Trinajstić information content (AvgIpc) is 3.12. The summed E-state index contributed by atoms with van der Waals surface area (Å²) < 4.78 is 13.1. The van der Waals surface area contributed by atoms with Crippen molar-refractivity contribution in [2.75, 3.05) is 13.1 Å². The summed E-state index contributed by atoms with van der Waals surface area (Å²) in [4.78, 5) is 17.7. The van der Waals surface area contributed by atoms with Gasteiger partial charge in [0.15, 0.2) is 0 Å². The van der Waals surface area contributed by atoms with Crippen molar-refractivity contribution < 1.29 is 9.18 Å². The molecule has 4 rings (SSSR count). The van der Waals surface area contributed by atoms with Crippen LogP contribution in [0.5, 0.6) is 0 Å². The number of carbonyl (C=O) groups excluding carboxylic acids is 1. The second-order valence-electron chi connectivity index (χ2n) is 7.04. The summed E-state index contributed by atoms with van der Waals surface area (Å²) in [5.41, 5.74) is 4.66. The molecule has 2 aromatic carbocycles. The number of nitrogens with zero attached hydrogens (tertiary/aromatic N) is 1. The molecular formula is C23H23FN2O. The van der Waals surface area contributed by atoms with E-state index in [-0.39, 0.29) is 11.7 Å². The minimum absolute atomic E-state index is 0.212. The molecule has 138 valence electrons. The molecule has 2 heterocycles. The van der Waals surface area contributed by atoms with E-state index in [1.54, 1.807) is 12.1 Å². The van der Waals surface area contributed by atoms with E-state index in [2.05, 4.69) is 23.2 Å². The Morgan fingerprint density at radius 1 is 1.11 bits per heavy atom. The lowest BCUT2D eigenvalue weighted by molar-refractivity contribution is -0.130. The Morgan fingerprint density at radius 3 is 2.70 bits per heavy atom. The van der Waals surface area contributed by atoms with Crippen LogP contribution < -0.4 is 0 Å². The van der Waals surface area contributed by atoms with Crippen molar-refractivity contribution in [3.8, 4) is 0 Å². The van der Waals surface area contributed by atoms with Crippen LogP contribution in [-0.2, 0) is 11.2 Å². The second-order valence-corrected chi connectivity index (χ2v) is 7.04. The monoisotopic (exact) mass is 362 g/mol. The van der Waals surface area contributed by atoms with Gasteiger partial charge in [0.05, 0.1) is 0 Å². The van der Waals surface area contributed by atoms with Crippen LogP contribution in [0, 0.1) is 5.82 Å². The number of hydrogen-bond donors (Lipinski definition) is 1. The van der Waals surface area contributed by atoms with E-state index in [1.165, 1.54) is 28.7 Å². The predicted octanol–water partition coefficient (Wildman–Crippen LogP) is 4.95. The third kappa shape index (κ3) is 3.95. The molecule has 1 aliphatic rings. The maximum Gasteiger partial charge on any atom is 0.222 e. The molecule has 0 aliphatic carbocycles. The molecule has 4 heteroatoms. The van der Waals surface area contributed by atoms with Gasteiger partial charge in [-0.15, -0.1) is 0 Å². The highest BCUT2D eigenvalue weighted by Crippen LogP contribution is 2.24. The van der Waals surface area contributed by atoms with Gasteiger partial charge in [-0.3, -0.25) is 4.79 Å². The minimum atomic E-state index is -0.220. The summed E-state index contributed by atoms with van der Waals surface area (Å²) >= 11 is 0. The van der Waals surface area contributed by atoms with E-state index in [0.29, 0.717) is 13.0 Å². The first-order valence-corrected chi connectivity index (χ1v) is 9.48. The molecule has 27 heavy (non-hydrogen) atoms. The van der Waals surface area contributed by atoms with Gasteiger partial charge in [0, 0.05) is 36.6 Å². The molecule has 0 saturated heterocycles. The molecular weight excluding hydrogens is 339 g/mol. The van der Waals surface area contributed by atoms with Crippen molar-refractivity contribution in [3.05, 3.63) is 77.7 Å². The first-order chi connectivity index (χ1) is 13.2.